The van der Waals surface area contributed by atoms with Gasteiger partial charge in [-0.05, 0) is 36.4 Å². The van der Waals surface area contributed by atoms with Gasteiger partial charge in [0.1, 0.15) is 5.75 Å². The van der Waals surface area contributed by atoms with E-state index in [1.807, 2.05) is 6.07 Å². The van der Waals surface area contributed by atoms with Gasteiger partial charge in [-0.25, -0.2) is 8.42 Å². The number of nitrogens with one attached hydrogen (secondary N) is 1. The number of ether oxygens (including phenoxy) is 1. The Labute approximate surface area is 125 Å². The fourth-order valence-corrected chi connectivity index (χ4v) is 2.73. The van der Waals surface area contributed by atoms with E-state index in [0.29, 0.717) is 5.56 Å². The molecule has 2 aromatic carbocycles. The summed E-state index contributed by atoms with van der Waals surface area (Å²) in [4.78, 5) is -0.0987. The lowest BCUT2D eigenvalue weighted by molar-refractivity contribution is -0.0493. The van der Waals surface area contributed by atoms with Crippen molar-refractivity contribution in [3.05, 3.63) is 54.1 Å². The van der Waals surface area contributed by atoms with Gasteiger partial charge in [-0.3, -0.25) is 4.72 Å². The molecule has 2 rings (SSSR count). The molecule has 0 saturated carbocycles. The largest absolute Gasteiger partial charge is 0.433 e. The minimum atomic E-state index is -3.98. The number of benzene rings is 2. The van der Waals surface area contributed by atoms with E-state index in [-0.39, 0.29) is 16.3 Å². The molecule has 0 fully saturated rings. The van der Waals surface area contributed by atoms with Crippen LogP contribution in [0.25, 0.3) is 0 Å². The standard InChI is InChI=1S/C14H10F2N2O3S/c15-14(16)21-13-4-2-1-3-12(13)18-22(19,20)11-7-5-10(9-17)6-8-11/h1-8,14,18H. The lowest BCUT2D eigenvalue weighted by Gasteiger charge is -2.13. The number of anilines is 1. The molecule has 5 nitrogen and oxygen atoms in total. The van der Waals surface area contributed by atoms with Crippen molar-refractivity contribution in [2.75, 3.05) is 4.72 Å². The van der Waals surface area contributed by atoms with E-state index >= 15 is 0 Å². The molecule has 114 valence electrons. The maximum atomic E-state index is 12.3. The third-order valence-corrected chi connectivity index (χ3v) is 4.02. The molecule has 1 N–H and O–H groups in total. The van der Waals surface area contributed by atoms with Crippen LogP contribution in [-0.2, 0) is 10.0 Å². The SMILES string of the molecule is N#Cc1ccc(S(=O)(=O)Nc2ccccc2OC(F)F)cc1. The van der Waals surface area contributed by atoms with Crippen LogP contribution in [-0.4, -0.2) is 15.0 Å². The van der Waals surface area contributed by atoms with Gasteiger partial charge in [0, 0.05) is 0 Å². The van der Waals surface area contributed by atoms with Crippen LogP contribution in [0.4, 0.5) is 14.5 Å². The van der Waals surface area contributed by atoms with Gasteiger partial charge in [-0.2, -0.15) is 14.0 Å². The van der Waals surface area contributed by atoms with Crippen LogP contribution < -0.4 is 9.46 Å². The Morgan fingerprint density at radius 2 is 1.73 bits per heavy atom. The average Bonchev–Trinajstić information content (AvgIpc) is 2.48. The summed E-state index contributed by atoms with van der Waals surface area (Å²) in [5.74, 6) is -0.283. The Bertz CT molecular complexity index is 800. The molecular formula is C14H10F2N2O3S. The van der Waals surface area contributed by atoms with E-state index in [1.54, 1.807) is 0 Å². The van der Waals surface area contributed by atoms with Crippen LogP contribution in [0.5, 0.6) is 5.75 Å². The van der Waals surface area contributed by atoms with Gasteiger partial charge in [-0.15, -0.1) is 0 Å². The number of nitrogens with zero attached hydrogens (tertiary/aromatic N) is 1. The van der Waals surface area contributed by atoms with E-state index in [1.165, 1.54) is 48.5 Å². The van der Waals surface area contributed by atoms with Crippen LogP contribution >= 0.6 is 0 Å². The third kappa shape index (κ3) is 3.71. The van der Waals surface area contributed by atoms with Crippen molar-refractivity contribution in [1.29, 1.82) is 5.26 Å². The first-order chi connectivity index (χ1) is 10.4. The van der Waals surface area contributed by atoms with Crippen molar-refractivity contribution in [2.45, 2.75) is 11.5 Å². The topological polar surface area (TPSA) is 79.2 Å². The number of alkyl halides is 2. The van der Waals surface area contributed by atoms with E-state index in [0.717, 1.165) is 0 Å². The zero-order valence-electron chi connectivity index (χ0n) is 11.0. The Morgan fingerprint density at radius 3 is 2.32 bits per heavy atom. The second-order valence-corrected chi connectivity index (χ2v) is 5.80. The average molecular weight is 324 g/mol. The van der Waals surface area contributed by atoms with Gasteiger partial charge in [0.25, 0.3) is 10.0 Å². The molecule has 0 unspecified atom stereocenters. The number of nitriles is 1. The molecule has 8 heteroatoms. The van der Waals surface area contributed by atoms with Gasteiger partial charge in [-0.1, -0.05) is 12.1 Å². The second kappa shape index (κ2) is 6.41. The zero-order chi connectivity index (χ0) is 16.2. The van der Waals surface area contributed by atoms with Crippen molar-refractivity contribution in [3.8, 4) is 11.8 Å². The molecule has 0 aliphatic carbocycles. The van der Waals surface area contributed by atoms with E-state index in [4.69, 9.17) is 5.26 Å². The molecule has 22 heavy (non-hydrogen) atoms. The fourth-order valence-electron chi connectivity index (χ4n) is 1.66. The maximum Gasteiger partial charge on any atom is 0.387 e. The summed E-state index contributed by atoms with van der Waals surface area (Å²) in [6, 6.07) is 12.5. The number of hydrogen-bond donors (Lipinski definition) is 1. The highest BCUT2D eigenvalue weighted by Gasteiger charge is 2.17. The number of halogens is 2. The minimum absolute atomic E-state index is 0.0987. The quantitative estimate of drug-likeness (QED) is 0.917. The predicted octanol–water partition coefficient (Wildman–Crippen LogP) is 2.96. The molecule has 0 amide bonds. The molecule has 0 aliphatic rings. The van der Waals surface area contributed by atoms with Crippen molar-refractivity contribution in [3.63, 3.8) is 0 Å². The molecule has 0 aliphatic heterocycles. The summed E-state index contributed by atoms with van der Waals surface area (Å²) in [5, 5.41) is 8.68. The molecule has 2 aromatic rings. The highest BCUT2D eigenvalue weighted by atomic mass is 32.2. The van der Waals surface area contributed by atoms with Crippen LogP contribution in [0.2, 0.25) is 0 Å². The summed E-state index contributed by atoms with van der Waals surface area (Å²) in [7, 11) is -3.98. The molecule has 0 saturated heterocycles. The van der Waals surface area contributed by atoms with Crippen LogP contribution in [0.1, 0.15) is 5.56 Å². The molecular weight excluding hydrogens is 314 g/mol. The number of para-hydroxylation sites is 2. The maximum absolute atomic E-state index is 12.3. The molecule has 0 spiro atoms. The Hall–Kier alpha value is -2.66. The summed E-state index contributed by atoms with van der Waals surface area (Å²) >= 11 is 0. The second-order valence-electron chi connectivity index (χ2n) is 4.12. The van der Waals surface area contributed by atoms with Crippen LogP contribution in [0, 0.1) is 11.3 Å². The Morgan fingerprint density at radius 1 is 1.09 bits per heavy atom. The van der Waals surface area contributed by atoms with Gasteiger partial charge >= 0.3 is 6.61 Å². The molecule has 0 bridgehead atoms. The number of sulfonamides is 1. The van der Waals surface area contributed by atoms with Gasteiger partial charge in [0.05, 0.1) is 22.2 Å². The first-order valence-corrected chi connectivity index (χ1v) is 7.47. The Kier molecular flexibility index (Phi) is 4.58. The van der Waals surface area contributed by atoms with Crippen molar-refractivity contribution in [2.24, 2.45) is 0 Å². The molecule has 0 radical (unpaired) electrons. The third-order valence-electron chi connectivity index (χ3n) is 2.64. The van der Waals surface area contributed by atoms with Crippen LogP contribution in [0.15, 0.2) is 53.4 Å². The molecule has 0 atom stereocenters. The molecule has 0 heterocycles. The first-order valence-electron chi connectivity index (χ1n) is 5.99. The van der Waals surface area contributed by atoms with Gasteiger partial charge < -0.3 is 4.74 Å². The van der Waals surface area contributed by atoms with E-state index < -0.39 is 16.6 Å². The highest BCUT2D eigenvalue weighted by molar-refractivity contribution is 7.92. The lowest BCUT2D eigenvalue weighted by Crippen LogP contribution is -2.14. The first kappa shape index (κ1) is 15.7. The summed E-state index contributed by atoms with van der Waals surface area (Å²) in [5.41, 5.74) is 0.201. The zero-order valence-corrected chi connectivity index (χ0v) is 11.8. The van der Waals surface area contributed by atoms with Crippen LogP contribution in [0.3, 0.4) is 0 Å². The summed E-state index contributed by atoms with van der Waals surface area (Å²) in [6.07, 6.45) is 0. The molecule has 0 aromatic heterocycles. The number of rotatable bonds is 5. The number of hydrogen-bond acceptors (Lipinski definition) is 4. The van der Waals surface area contributed by atoms with Crippen molar-refractivity contribution in [1.82, 2.24) is 0 Å². The monoisotopic (exact) mass is 324 g/mol. The summed E-state index contributed by atoms with van der Waals surface area (Å²) < 4.78 is 55.5. The lowest BCUT2D eigenvalue weighted by atomic mass is 10.2. The highest BCUT2D eigenvalue weighted by Crippen LogP contribution is 2.27. The van der Waals surface area contributed by atoms with Crippen molar-refractivity contribution < 1.29 is 21.9 Å². The summed E-state index contributed by atoms with van der Waals surface area (Å²) in [6.45, 7) is -3.07. The predicted molar refractivity (Wildman–Crippen MR) is 75.0 cm³/mol. The van der Waals surface area contributed by atoms with E-state index in [2.05, 4.69) is 9.46 Å². The van der Waals surface area contributed by atoms with Gasteiger partial charge in [0.2, 0.25) is 0 Å². The minimum Gasteiger partial charge on any atom is -0.433 e. The Balaban J connectivity index is 2.31. The van der Waals surface area contributed by atoms with E-state index in [9.17, 15) is 17.2 Å². The normalized spacial score (nSPS) is 11.0. The fraction of sp³-hybridized carbons (Fsp3) is 0.0714. The smallest absolute Gasteiger partial charge is 0.387 e. The van der Waals surface area contributed by atoms with Gasteiger partial charge in [0.15, 0.2) is 0 Å². The van der Waals surface area contributed by atoms with Crippen molar-refractivity contribution >= 4 is 15.7 Å².